The minimum Gasteiger partial charge on any atom is -0.358 e. The highest BCUT2D eigenvalue weighted by atomic mass is 32.2. The molecule has 2 aromatic heterocycles. The molecule has 2 aromatic carbocycles. The van der Waals surface area contributed by atoms with Gasteiger partial charge >= 0.3 is 0 Å². The topological polar surface area (TPSA) is 163 Å². The lowest BCUT2D eigenvalue weighted by Gasteiger charge is -2.07. The molecule has 3 heterocycles. The van der Waals surface area contributed by atoms with Gasteiger partial charge in [0.05, 0.1) is 21.8 Å². The van der Waals surface area contributed by atoms with Crippen molar-refractivity contribution in [2.45, 2.75) is 30.9 Å². The number of hydrogen-bond donors (Lipinski definition) is 4. The third kappa shape index (κ3) is 4.98. The Kier molecular flexibility index (Phi) is 6.64. The van der Waals surface area contributed by atoms with Crippen molar-refractivity contribution >= 4 is 39.0 Å². The number of aromatic amines is 2. The van der Waals surface area contributed by atoms with Gasteiger partial charge in [-0.25, -0.2) is 8.42 Å². The summed E-state index contributed by atoms with van der Waals surface area (Å²) in [5, 5.41) is 19.2. The van der Waals surface area contributed by atoms with E-state index in [2.05, 4.69) is 36.2 Å². The fraction of sp³-hybridized carbons (Fsp3) is 0.192. The van der Waals surface area contributed by atoms with E-state index in [1.54, 1.807) is 50.3 Å². The van der Waals surface area contributed by atoms with Crippen LogP contribution in [0.1, 0.15) is 44.3 Å². The molecule has 12 heteroatoms. The average molecular weight is 532 g/mol. The van der Waals surface area contributed by atoms with Crippen LogP contribution in [0, 0.1) is 13.8 Å². The predicted octanol–water partition coefficient (Wildman–Crippen LogP) is 2.58. The van der Waals surface area contributed by atoms with Crippen LogP contribution in [-0.2, 0) is 26.8 Å². The number of H-pyrrole nitrogens is 2. The number of aromatic nitrogens is 5. The third-order valence-corrected chi connectivity index (χ3v) is 8.03. The number of carbonyl (C=O) groups is 2. The zero-order valence-corrected chi connectivity index (χ0v) is 21.5. The quantitative estimate of drug-likeness (QED) is 0.254. The highest BCUT2D eigenvalue weighted by molar-refractivity contribution is 7.90. The van der Waals surface area contributed by atoms with Crippen LogP contribution in [0.2, 0.25) is 0 Å². The van der Waals surface area contributed by atoms with Crippen LogP contribution in [0.5, 0.6) is 0 Å². The number of nitrogens with zero attached hydrogens (tertiary/aromatic N) is 3. The minimum atomic E-state index is -3.64. The summed E-state index contributed by atoms with van der Waals surface area (Å²) >= 11 is 0. The number of aryl methyl sites for hydroxylation is 1. The molecule has 0 bridgehead atoms. The molecule has 0 unspecified atom stereocenters. The number of sulfone groups is 1. The van der Waals surface area contributed by atoms with Crippen molar-refractivity contribution in [3.8, 4) is 0 Å². The van der Waals surface area contributed by atoms with Crippen LogP contribution >= 0.6 is 0 Å². The molecule has 0 radical (unpaired) electrons. The number of amides is 2. The van der Waals surface area contributed by atoms with Crippen molar-refractivity contribution < 1.29 is 18.0 Å². The van der Waals surface area contributed by atoms with Gasteiger partial charge in [0.1, 0.15) is 0 Å². The first kappa shape index (κ1) is 25.1. The van der Waals surface area contributed by atoms with E-state index in [9.17, 15) is 18.0 Å². The molecule has 0 saturated carbocycles. The maximum Gasteiger partial charge on any atom is 0.256 e. The molecule has 38 heavy (non-hydrogen) atoms. The predicted molar refractivity (Wildman–Crippen MR) is 141 cm³/mol. The van der Waals surface area contributed by atoms with Crippen molar-refractivity contribution in [3.63, 3.8) is 0 Å². The van der Waals surface area contributed by atoms with Gasteiger partial charge in [-0.15, -0.1) is 10.2 Å². The fourth-order valence-electron chi connectivity index (χ4n) is 4.45. The maximum absolute atomic E-state index is 13.1. The van der Waals surface area contributed by atoms with Crippen LogP contribution in [-0.4, -0.2) is 52.4 Å². The molecule has 0 fully saturated rings. The van der Waals surface area contributed by atoms with Crippen molar-refractivity contribution in [3.05, 3.63) is 88.0 Å². The SMILES string of the molecule is Cc1[nH]c(C=C2C(=O)Nc3ccc(S(=O)(=O)Cc4ccccc4)cc32)c(C)c1C(=O)NCCc1nn[nH]n1. The van der Waals surface area contributed by atoms with Gasteiger partial charge in [0.2, 0.25) is 0 Å². The maximum atomic E-state index is 13.1. The highest BCUT2D eigenvalue weighted by Gasteiger charge is 2.28. The number of benzene rings is 2. The molecule has 4 aromatic rings. The van der Waals surface area contributed by atoms with E-state index in [0.29, 0.717) is 63.7 Å². The first-order valence-corrected chi connectivity index (χ1v) is 13.5. The van der Waals surface area contributed by atoms with Gasteiger partial charge < -0.3 is 15.6 Å². The summed E-state index contributed by atoms with van der Waals surface area (Å²) in [5.41, 5.74) is 4.38. The van der Waals surface area contributed by atoms with E-state index in [4.69, 9.17) is 0 Å². The Morgan fingerprint density at radius 3 is 2.63 bits per heavy atom. The molecule has 2 amide bonds. The molecule has 5 rings (SSSR count). The summed E-state index contributed by atoms with van der Waals surface area (Å²) in [6.45, 7) is 3.90. The van der Waals surface area contributed by atoms with Gasteiger partial charge in [-0.05, 0) is 49.2 Å². The van der Waals surface area contributed by atoms with Crippen LogP contribution < -0.4 is 10.6 Å². The van der Waals surface area contributed by atoms with E-state index in [-0.39, 0.29) is 22.5 Å². The zero-order valence-electron chi connectivity index (χ0n) is 20.7. The summed E-state index contributed by atoms with van der Waals surface area (Å²) < 4.78 is 26.2. The first-order valence-electron chi connectivity index (χ1n) is 11.9. The van der Waals surface area contributed by atoms with Crippen molar-refractivity contribution in [2.24, 2.45) is 0 Å². The molecule has 0 saturated heterocycles. The molecule has 0 atom stereocenters. The Morgan fingerprint density at radius 2 is 1.89 bits per heavy atom. The van der Waals surface area contributed by atoms with Crippen molar-refractivity contribution in [2.75, 3.05) is 11.9 Å². The van der Waals surface area contributed by atoms with E-state index >= 15 is 0 Å². The van der Waals surface area contributed by atoms with E-state index < -0.39 is 9.84 Å². The number of rotatable bonds is 8. The lowest BCUT2D eigenvalue weighted by Crippen LogP contribution is -2.26. The minimum absolute atomic E-state index is 0.128. The normalized spacial score (nSPS) is 13.9. The van der Waals surface area contributed by atoms with Gasteiger partial charge in [-0.1, -0.05) is 35.5 Å². The summed E-state index contributed by atoms with van der Waals surface area (Å²) in [6, 6.07) is 13.6. The van der Waals surface area contributed by atoms with Crippen LogP contribution in [0.4, 0.5) is 5.69 Å². The van der Waals surface area contributed by atoms with E-state index in [1.165, 1.54) is 12.1 Å². The number of nitrogens with one attached hydrogen (secondary N) is 4. The van der Waals surface area contributed by atoms with Gasteiger partial charge in [0.15, 0.2) is 15.7 Å². The lowest BCUT2D eigenvalue weighted by atomic mass is 10.0. The zero-order chi connectivity index (χ0) is 26.9. The summed E-state index contributed by atoms with van der Waals surface area (Å²) in [7, 11) is -3.64. The molecule has 194 valence electrons. The Hall–Kier alpha value is -4.58. The number of carbonyl (C=O) groups excluding carboxylic acids is 2. The van der Waals surface area contributed by atoms with Gasteiger partial charge in [-0.2, -0.15) is 5.21 Å². The number of hydrogen-bond acceptors (Lipinski definition) is 7. The first-order chi connectivity index (χ1) is 18.2. The lowest BCUT2D eigenvalue weighted by molar-refractivity contribution is -0.110. The largest absolute Gasteiger partial charge is 0.358 e. The summed E-state index contributed by atoms with van der Waals surface area (Å²) in [5.74, 6) is -0.271. The standard InChI is InChI=1S/C26H25N7O4S/c1-15-22(28-16(2)24(15)26(35)27-11-10-23-30-32-33-31-23)13-20-19-12-18(8-9-21(19)29-25(20)34)38(36,37)14-17-6-4-3-5-7-17/h3-9,12-13,28H,10-11,14H2,1-2H3,(H,27,35)(H,29,34)(H,30,31,32,33). The van der Waals surface area contributed by atoms with Gasteiger partial charge in [0, 0.05) is 35.6 Å². The second-order valence-electron chi connectivity index (χ2n) is 8.96. The Balaban J connectivity index is 1.41. The monoisotopic (exact) mass is 531 g/mol. The highest BCUT2D eigenvalue weighted by Crippen LogP contribution is 2.36. The van der Waals surface area contributed by atoms with Crippen molar-refractivity contribution in [1.82, 2.24) is 30.9 Å². The smallest absolute Gasteiger partial charge is 0.256 e. The summed E-state index contributed by atoms with van der Waals surface area (Å²) in [6.07, 6.45) is 2.07. The number of tetrazole rings is 1. The van der Waals surface area contributed by atoms with Crippen molar-refractivity contribution in [1.29, 1.82) is 0 Å². The Morgan fingerprint density at radius 1 is 1.11 bits per heavy atom. The van der Waals surface area contributed by atoms with E-state index in [0.717, 1.165) is 0 Å². The molecular formula is C26H25N7O4S. The van der Waals surface area contributed by atoms with Crippen LogP contribution in [0.3, 0.4) is 0 Å². The summed E-state index contributed by atoms with van der Waals surface area (Å²) in [4.78, 5) is 29.0. The number of fused-ring (bicyclic) bond motifs is 1. The van der Waals surface area contributed by atoms with E-state index in [1.807, 2.05) is 6.07 Å². The molecule has 0 aliphatic carbocycles. The van der Waals surface area contributed by atoms with Crippen LogP contribution in [0.25, 0.3) is 11.6 Å². The van der Waals surface area contributed by atoms with Crippen LogP contribution in [0.15, 0.2) is 53.4 Å². The Labute approximate surface area is 218 Å². The molecule has 4 N–H and O–H groups in total. The molecular weight excluding hydrogens is 506 g/mol. The molecule has 1 aliphatic heterocycles. The molecule has 11 nitrogen and oxygen atoms in total. The second-order valence-corrected chi connectivity index (χ2v) is 11.0. The fourth-order valence-corrected chi connectivity index (χ4v) is 5.82. The number of anilines is 1. The molecule has 1 aliphatic rings. The Bertz CT molecular complexity index is 1660. The average Bonchev–Trinajstić information content (AvgIpc) is 3.58. The van der Waals surface area contributed by atoms with Gasteiger partial charge in [-0.3, -0.25) is 9.59 Å². The van der Waals surface area contributed by atoms with Gasteiger partial charge in [0.25, 0.3) is 11.8 Å². The molecule has 0 spiro atoms. The second kappa shape index (κ2) is 10.1. The third-order valence-electron chi connectivity index (χ3n) is 6.35.